The fourth-order valence-corrected chi connectivity index (χ4v) is 1.82. The molecular weight excluding hydrogens is 198 g/mol. The Labute approximate surface area is 89.2 Å². The van der Waals surface area contributed by atoms with Gasteiger partial charge in [0, 0.05) is 11.1 Å². The van der Waals surface area contributed by atoms with E-state index in [1.165, 1.54) is 5.56 Å². The zero-order valence-corrected chi connectivity index (χ0v) is 8.92. The molecule has 0 radical (unpaired) electrons. The third kappa shape index (κ3) is 2.27. The van der Waals surface area contributed by atoms with Crippen LogP contribution in [0.2, 0.25) is 5.02 Å². The largest absolute Gasteiger partial charge is 0.378 e. The monoisotopic (exact) mass is 211 g/mol. The summed E-state index contributed by atoms with van der Waals surface area (Å²) in [4.78, 5) is 0. The molecule has 1 fully saturated rings. The highest BCUT2D eigenvalue weighted by atomic mass is 35.5. The molecule has 1 aliphatic rings. The van der Waals surface area contributed by atoms with E-state index in [9.17, 15) is 0 Å². The number of morpholine rings is 1. The Balaban J connectivity index is 2.10. The van der Waals surface area contributed by atoms with E-state index in [-0.39, 0.29) is 0 Å². The number of hydrogen-bond acceptors (Lipinski definition) is 2. The average molecular weight is 212 g/mol. The number of benzene rings is 1. The van der Waals surface area contributed by atoms with Gasteiger partial charge >= 0.3 is 0 Å². The molecule has 1 aromatic carbocycles. The zero-order valence-electron chi connectivity index (χ0n) is 8.16. The number of hydrogen-bond donors (Lipinski definition) is 1. The minimum atomic E-state index is 0.302. The second-order valence-electron chi connectivity index (χ2n) is 3.71. The van der Waals surface area contributed by atoms with Gasteiger partial charge in [0.2, 0.25) is 0 Å². The molecule has 1 aliphatic heterocycles. The van der Waals surface area contributed by atoms with Gasteiger partial charge in [-0.25, -0.2) is 0 Å². The van der Waals surface area contributed by atoms with Gasteiger partial charge in [0.1, 0.15) is 0 Å². The fourth-order valence-electron chi connectivity index (χ4n) is 1.69. The zero-order chi connectivity index (χ0) is 9.97. The first-order chi connectivity index (χ1) is 6.75. The summed E-state index contributed by atoms with van der Waals surface area (Å²) in [5.74, 6) is 0. The third-order valence-corrected chi connectivity index (χ3v) is 2.66. The molecule has 2 unspecified atom stereocenters. The molecule has 0 aliphatic carbocycles. The van der Waals surface area contributed by atoms with E-state index in [4.69, 9.17) is 16.3 Å². The van der Waals surface area contributed by atoms with Crippen LogP contribution >= 0.6 is 11.6 Å². The van der Waals surface area contributed by atoms with Crippen molar-refractivity contribution in [3.05, 3.63) is 34.9 Å². The Hall–Kier alpha value is -0.570. The summed E-state index contributed by atoms with van der Waals surface area (Å²) in [6.45, 7) is 3.66. The quantitative estimate of drug-likeness (QED) is 0.770. The molecule has 0 aromatic heterocycles. The van der Waals surface area contributed by atoms with Crippen LogP contribution in [0, 0.1) is 0 Å². The standard InChI is InChI=1S/C11H14ClNO/c1-8-6-14-7-11(13-8)9-2-4-10(12)5-3-9/h2-5,8,11,13H,6-7H2,1H3. The molecular formula is C11H14ClNO. The van der Waals surface area contributed by atoms with E-state index in [1.54, 1.807) is 0 Å². The van der Waals surface area contributed by atoms with Crippen LogP contribution in [0.4, 0.5) is 0 Å². The van der Waals surface area contributed by atoms with Gasteiger partial charge in [0.15, 0.2) is 0 Å². The second-order valence-corrected chi connectivity index (χ2v) is 4.15. The van der Waals surface area contributed by atoms with Gasteiger partial charge < -0.3 is 10.1 Å². The first kappa shape index (κ1) is 9.97. The highest BCUT2D eigenvalue weighted by Crippen LogP contribution is 2.19. The molecule has 1 heterocycles. The number of rotatable bonds is 1. The lowest BCUT2D eigenvalue weighted by atomic mass is 10.1. The summed E-state index contributed by atoms with van der Waals surface area (Å²) in [7, 11) is 0. The second kappa shape index (κ2) is 4.30. The van der Waals surface area contributed by atoms with Crippen LogP contribution in [0.15, 0.2) is 24.3 Å². The maximum Gasteiger partial charge on any atom is 0.0662 e. The minimum Gasteiger partial charge on any atom is -0.378 e. The molecule has 0 bridgehead atoms. The van der Waals surface area contributed by atoms with Crippen molar-refractivity contribution in [2.45, 2.75) is 19.0 Å². The first-order valence-corrected chi connectivity index (χ1v) is 5.23. The SMILES string of the molecule is CC1COCC(c2ccc(Cl)cc2)N1. The molecule has 0 amide bonds. The van der Waals surface area contributed by atoms with Crippen molar-refractivity contribution in [3.8, 4) is 0 Å². The smallest absolute Gasteiger partial charge is 0.0662 e. The van der Waals surface area contributed by atoms with Gasteiger partial charge in [-0.1, -0.05) is 23.7 Å². The van der Waals surface area contributed by atoms with Crippen molar-refractivity contribution in [1.29, 1.82) is 0 Å². The molecule has 2 nitrogen and oxygen atoms in total. The summed E-state index contributed by atoms with van der Waals surface area (Å²) in [6, 6.07) is 8.64. The summed E-state index contributed by atoms with van der Waals surface area (Å²) in [5.41, 5.74) is 1.24. The van der Waals surface area contributed by atoms with Crippen LogP contribution in [0.5, 0.6) is 0 Å². The number of halogens is 1. The van der Waals surface area contributed by atoms with Crippen molar-refractivity contribution in [1.82, 2.24) is 5.32 Å². The van der Waals surface area contributed by atoms with E-state index in [0.29, 0.717) is 12.1 Å². The highest BCUT2D eigenvalue weighted by molar-refractivity contribution is 6.30. The number of nitrogens with one attached hydrogen (secondary N) is 1. The van der Waals surface area contributed by atoms with Gasteiger partial charge in [0.25, 0.3) is 0 Å². The number of ether oxygens (including phenoxy) is 1. The molecule has 14 heavy (non-hydrogen) atoms. The molecule has 0 saturated carbocycles. The molecule has 2 atom stereocenters. The van der Waals surface area contributed by atoms with Crippen molar-refractivity contribution in [2.24, 2.45) is 0 Å². The first-order valence-electron chi connectivity index (χ1n) is 4.85. The summed E-state index contributed by atoms with van der Waals surface area (Å²) < 4.78 is 5.48. The van der Waals surface area contributed by atoms with E-state index in [0.717, 1.165) is 18.2 Å². The van der Waals surface area contributed by atoms with Crippen LogP contribution in [-0.4, -0.2) is 19.3 Å². The average Bonchev–Trinajstić information content (AvgIpc) is 2.19. The molecule has 3 heteroatoms. The highest BCUT2D eigenvalue weighted by Gasteiger charge is 2.19. The Morgan fingerprint density at radius 2 is 2.00 bits per heavy atom. The third-order valence-electron chi connectivity index (χ3n) is 2.41. The summed E-state index contributed by atoms with van der Waals surface area (Å²) >= 11 is 5.83. The van der Waals surface area contributed by atoms with Crippen molar-refractivity contribution >= 4 is 11.6 Å². The summed E-state index contributed by atoms with van der Waals surface area (Å²) in [6.07, 6.45) is 0. The predicted octanol–water partition coefficient (Wildman–Crippen LogP) is 2.39. The molecule has 1 aromatic rings. The van der Waals surface area contributed by atoms with Gasteiger partial charge in [-0.15, -0.1) is 0 Å². The van der Waals surface area contributed by atoms with Crippen molar-refractivity contribution in [3.63, 3.8) is 0 Å². The molecule has 1 saturated heterocycles. The fraction of sp³-hybridized carbons (Fsp3) is 0.455. The van der Waals surface area contributed by atoms with Crippen LogP contribution < -0.4 is 5.32 Å². The Bertz CT molecular complexity index is 299. The van der Waals surface area contributed by atoms with Crippen molar-refractivity contribution < 1.29 is 4.74 Å². The molecule has 1 N–H and O–H groups in total. The minimum absolute atomic E-state index is 0.302. The van der Waals surface area contributed by atoms with Gasteiger partial charge in [-0.2, -0.15) is 0 Å². The maximum absolute atomic E-state index is 5.83. The Morgan fingerprint density at radius 1 is 1.29 bits per heavy atom. The lowest BCUT2D eigenvalue weighted by Crippen LogP contribution is -2.41. The Kier molecular flexibility index (Phi) is 3.06. The van der Waals surface area contributed by atoms with Gasteiger partial charge in [0.05, 0.1) is 19.3 Å². The van der Waals surface area contributed by atoms with Crippen LogP contribution in [0.1, 0.15) is 18.5 Å². The molecule has 76 valence electrons. The molecule has 2 rings (SSSR count). The Morgan fingerprint density at radius 3 is 2.64 bits per heavy atom. The topological polar surface area (TPSA) is 21.3 Å². The van der Waals surface area contributed by atoms with Gasteiger partial charge in [-0.05, 0) is 24.6 Å². The van der Waals surface area contributed by atoms with Gasteiger partial charge in [-0.3, -0.25) is 0 Å². The van der Waals surface area contributed by atoms with E-state index >= 15 is 0 Å². The van der Waals surface area contributed by atoms with Crippen LogP contribution in [0.25, 0.3) is 0 Å². The normalized spacial score (nSPS) is 27.6. The predicted molar refractivity (Wildman–Crippen MR) is 57.6 cm³/mol. The van der Waals surface area contributed by atoms with Crippen LogP contribution in [0.3, 0.4) is 0 Å². The summed E-state index contributed by atoms with van der Waals surface area (Å²) in [5, 5.41) is 4.26. The van der Waals surface area contributed by atoms with E-state index in [1.807, 2.05) is 24.3 Å². The van der Waals surface area contributed by atoms with E-state index in [2.05, 4.69) is 12.2 Å². The van der Waals surface area contributed by atoms with E-state index < -0.39 is 0 Å². The lowest BCUT2D eigenvalue weighted by molar-refractivity contribution is 0.0504. The van der Waals surface area contributed by atoms with Crippen LogP contribution in [-0.2, 0) is 4.74 Å². The van der Waals surface area contributed by atoms with Crippen molar-refractivity contribution in [2.75, 3.05) is 13.2 Å². The maximum atomic E-state index is 5.83. The lowest BCUT2D eigenvalue weighted by Gasteiger charge is -2.29. The molecule has 0 spiro atoms.